The lowest BCUT2D eigenvalue weighted by Gasteiger charge is -2.06. The number of ether oxygens (including phenoxy) is 1. The summed E-state index contributed by atoms with van der Waals surface area (Å²) >= 11 is 4.60. The molecule has 0 fully saturated rings. The van der Waals surface area contributed by atoms with Crippen LogP contribution in [0.15, 0.2) is 34.0 Å². The van der Waals surface area contributed by atoms with Gasteiger partial charge in [0, 0.05) is 30.5 Å². The van der Waals surface area contributed by atoms with Crippen LogP contribution in [-0.4, -0.2) is 41.3 Å². The van der Waals surface area contributed by atoms with E-state index < -0.39 is 0 Å². The molecule has 0 aliphatic carbocycles. The second-order valence-electron chi connectivity index (χ2n) is 5.85. The molecule has 2 aromatic heterocycles. The lowest BCUT2D eigenvalue weighted by molar-refractivity contribution is -0.115. The highest BCUT2D eigenvalue weighted by atomic mass is 32.2. The van der Waals surface area contributed by atoms with Gasteiger partial charge < -0.3 is 15.4 Å². The summed E-state index contributed by atoms with van der Waals surface area (Å²) in [6, 6.07) is 7.73. The number of aromatic nitrogens is 3. The van der Waals surface area contributed by atoms with Gasteiger partial charge >= 0.3 is 0 Å². The molecule has 1 amide bonds. The van der Waals surface area contributed by atoms with Crippen LogP contribution in [0.2, 0.25) is 0 Å². The molecule has 2 heterocycles. The number of amides is 1. The average Bonchev–Trinajstić information content (AvgIpc) is 3.31. The van der Waals surface area contributed by atoms with Crippen molar-refractivity contribution in [1.29, 1.82) is 0 Å². The Morgan fingerprint density at radius 1 is 1.29 bits per heavy atom. The third kappa shape index (κ3) is 6.26. The summed E-state index contributed by atoms with van der Waals surface area (Å²) in [4.78, 5) is 16.8. The van der Waals surface area contributed by atoms with Crippen LogP contribution in [0.1, 0.15) is 16.3 Å². The zero-order valence-corrected chi connectivity index (χ0v) is 18.0. The number of aryl methyl sites for hydroxylation is 1. The van der Waals surface area contributed by atoms with E-state index in [-0.39, 0.29) is 12.3 Å². The van der Waals surface area contributed by atoms with E-state index in [1.54, 1.807) is 18.9 Å². The minimum atomic E-state index is -0.0567. The van der Waals surface area contributed by atoms with E-state index in [4.69, 9.17) is 4.74 Å². The SMILES string of the molecule is COCCNc1nnc(SCc2csc(CC(=O)Nc3ccccc3C)n2)s1. The molecule has 0 aliphatic rings. The Kier molecular flexibility index (Phi) is 7.78. The van der Waals surface area contributed by atoms with Gasteiger partial charge in [-0.1, -0.05) is 41.3 Å². The number of para-hydroxylation sites is 1. The first kappa shape index (κ1) is 20.7. The molecule has 0 saturated heterocycles. The molecule has 7 nitrogen and oxygen atoms in total. The summed E-state index contributed by atoms with van der Waals surface area (Å²) in [6.45, 7) is 3.30. The number of methoxy groups -OCH3 is 1. The van der Waals surface area contributed by atoms with Crippen LogP contribution in [0.3, 0.4) is 0 Å². The molecule has 0 bridgehead atoms. The highest BCUT2D eigenvalue weighted by Gasteiger charge is 2.11. The van der Waals surface area contributed by atoms with Crippen molar-refractivity contribution in [3.05, 3.63) is 45.9 Å². The van der Waals surface area contributed by atoms with E-state index in [0.29, 0.717) is 18.9 Å². The summed E-state index contributed by atoms with van der Waals surface area (Å²) in [5.74, 6) is 0.640. The summed E-state index contributed by atoms with van der Waals surface area (Å²) in [6.07, 6.45) is 0.274. The molecule has 0 saturated carbocycles. The second-order valence-corrected chi connectivity index (χ2v) is 9.00. The van der Waals surface area contributed by atoms with Gasteiger partial charge in [0.2, 0.25) is 11.0 Å². The maximum atomic E-state index is 12.3. The smallest absolute Gasteiger partial charge is 0.231 e. The fourth-order valence-corrected chi connectivity index (χ4v) is 4.84. The number of thioether (sulfide) groups is 1. The zero-order valence-electron chi connectivity index (χ0n) is 15.6. The van der Waals surface area contributed by atoms with E-state index in [0.717, 1.165) is 31.4 Å². The lowest BCUT2D eigenvalue weighted by Crippen LogP contribution is -2.15. The predicted molar refractivity (Wildman–Crippen MR) is 115 cm³/mol. The Hall–Kier alpha value is -2.01. The van der Waals surface area contributed by atoms with E-state index in [1.165, 1.54) is 22.7 Å². The molecule has 10 heteroatoms. The number of anilines is 2. The van der Waals surface area contributed by atoms with E-state index in [2.05, 4.69) is 25.8 Å². The minimum absolute atomic E-state index is 0.0567. The Morgan fingerprint density at radius 3 is 2.96 bits per heavy atom. The van der Waals surface area contributed by atoms with Crippen LogP contribution in [0.4, 0.5) is 10.8 Å². The van der Waals surface area contributed by atoms with Crippen molar-refractivity contribution < 1.29 is 9.53 Å². The van der Waals surface area contributed by atoms with Crippen molar-refractivity contribution in [2.24, 2.45) is 0 Å². The highest BCUT2D eigenvalue weighted by molar-refractivity contribution is 8.00. The molecule has 0 atom stereocenters. The molecule has 0 unspecified atom stereocenters. The van der Waals surface area contributed by atoms with E-state index >= 15 is 0 Å². The maximum Gasteiger partial charge on any atom is 0.231 e. The number of rotatable bonds is 10. The highest BCUT2D eigenvalue weighted by Crippen LogP contribution is 2.28. The Balaban J connectivity index is 1.46. The third-order valence-electron chi connectivity index (χ3n) is 3.66. The van der Waals surface area contributed by atoms with Crippen LogP contribution in [0.25, 0.3) is 0 Å². The number of hydrogen-bond acceptors (Lipinski definition) is 9. The van der Waals surface area contributed by atoms with Crippen LogP contribution >= 0.6 is 34.4 Å². The molecule has 3 rings (SSSR count). The van der Waals surface area contributed by atoms with Gasteiger partial charge in [0.25, 0.3) is 0 Å². The first-order valence-electron chi connectivity index (χ1n) is 8.62. The van der Waals surface area contributed by atoms with Gasteiger partial charge in [-0.15, -0.1) is 21.5 Å². The number of carbonyl (C=O) groups is 1. The number of benzene rings is 1. The van der Waals surface area contributed by atoms with Crippen LogP contribution in [0, 0.1) is 6.92 Å². The normalized spacial score (nSPS) is 10.8. The molecular formula is C18H21N5O2S3. The molecule has 0 aliphatic heterocycles. The molecule has 1 aromatic carbocycles. The van der Waals surface area contributed by atoms with E-state index in [9.17, 15) is 4.79 Å². The summed E-state index contributed by atoms with van der Waals surface area (Å²) < 4.78 is 5.88. The molecule has 2 N–H and O–H groups in total. The van der Waals surface area contributed by atoms with Crippen LogP contribution in [0.5, 0.6) is 0 Å². The van der Waals surface area contributed by atoms with Crippen molar-refractivity contribution in [2.75, 3.05) is 30.9 Å². The van der Waals surface area contributed by atoms with Gasteiger partial charge in [-0.25, -0.2) is 4.98 Å². The zero-order chi connectivity index (χ0) is 19.8. The van der Waals surface area contributed by atoms with Crippen molar-refractivity contribution in [3.63, 3.8) is 0 Å². The first-order chi connectivity index (χ1) is 13.6. The Labute approximate surface area is 176 Å². The fourth-order valence-electron chi connectivity index (χ4n) is 2.28. The average molecular weight is 436 g/mol. The van der Waals surface area contributed by atoms with Gasteiger partial charge in [0.1, 0.15) is 5.01 Å². The Bertz CT molecular complexity index is 912. The molecule has 3 aromatic rings. The van der Waals surface area contributed by atoms with Crippen molar-refractivity contribution >= 4 is 51.2 Å². The molecule has 0 spiro atoms. The fraction of sp³-hybridized carbons (Fsp3) is 0.333. The minimum Gasteiger partial charge on any atom is -0.383 e. The van der Waals surface area contributed by atoms with Gasteiger partial charge in [0.05, 0.1) is 18.7 Å². The molecular weight excluding hydrogens is 414 g/mol. The number of nitrogens with one attached hydrogen (secondary N) is 2. The standard InChI is InChI=1S/C18H21N5O2S3/c1-12-5-3-4-6-14(12)21-15(24)9-16-20-13(10-26-16)11-27-18-23-22-17(28-18)19-7-8-25-2/h3-6,10H,7-9,11H2,1-2H3,(H,19,22)(H,21,24). The first-order valence-corrected chi connectivity index (χ1v) is 11.3. The summed E-state index contributed by atoms with van der Waals surface area (Å²) in [5.41, 5.74) is 2.82. The monoisotopic (exact) mass is 435 g/mol. The summed E-state index contributed by atoms with van der Waals surface area (Å²) in [7, 11) is 1.66. The van der Waals surface area contributed by atoms with Crippen molar-refractivity contribution in [3.8, 4) is 0 Å². The lowest BCUT2D eigenvalue weighted by atomic mass is 10.2. The number of hydrogen-bond donors (Lipinski definition) is 2. The molecule has 28 heavy (non-hydrogen) atoms. The van der Waals surface area contributed by atoms with Crippen molar-refractivity contribution in [1.82, 2.24) is 15.2 Å². The number of nitrogens with zero attached hydrogens (tertiary/aromatic N) is 3. The molecule has 0 radical (unpaired) electrons. The maximum absolute atomic E-state index is 12.3. The van der Waals surface area contributed by atoms with Crippen LogP contribution in [-0.2, 0) is 21.7 Å². The Morgan fingerprint density at radius 2 is 2.14 bits per heavy atom. The van der Waals surface area contributed by atoms with Crippen molar-refractivity contribution in [2.45, 2.75) is 23.4 Å². The quantitative estimate of drug-likeness (QED) is 0.369. The number of carbonyl (C=O) groups excluding carboxylic acids is 1. The van der Waals surface area contributed by atoms with Gasteiger partial charge in [-0.2, -0.15) is 0 Å². The van der Waals surface area contributed by atoms with Gasteiger partial charge in [0.15, 0.2) is 4.34 Å². The second kappa shape index (κ2) is 10.5. The number of thiazole rings is 1. The van der Waals surface area contributed by atoms with Crippen LogP contribution < -0.4 is 10.6 Å². The largest absolute Gasteiger partial charge is 0.383 e. The summed E-state index contributed by atoms with van der Waals surface area (Å²) in [5, 5.41) is 17.9. The topological polar surface area (TPSA) is 89.0 Å². The third-order valence-corrected chi connectivity index (χ3v) is 6.61. The predicted octanol–water partition coefficient (Wildman–Crippen LogP) is 3.83. The molecule has 148 valence electrons. The van der Waals surface area contributed by atoms with Gasteiger partial charge in [-0.3, -0.25) is 4.79 Å². The van der Waals surface area contributed by atoms with Gasteiger partial charge in [-0.05, 0) is 18.6 Å². The van der Waals surface area contributed by atoms with E-state index in [1.807, 2.05) is 36.6 Å².